The molecular weight excluding hydrogens is 232 g/mol. The molecule has 2 atom stereocenters. The zero-order valence-corrected chi connectivity index (χ0v) is 11.5. The van der Waals surface area contributed by atoms with Crippen molar-refractivity contribution in [3.8, 4) is 0 Å². The van der Waals surface area contributed by atoms with Gasteiger partial charge in [0, 0.05) is 28.8 Å². The monoisotopic (exact) mass is 252 g/mol. The first-order chi connectivity index (χ1) is 7.99. The summed E-state index contributed by atoms with van der Waals surface area (Å²) in [6.45, 7) is 6.55. The molecule has 1 aromatic rings. The summed E-state index contributed by atoms with van der Waals surface area (Å²) in [7, 11) is 0. The summed E-state index contributed by atoms with van der Waals surface area (Å²) in [6, 6.07) is 7.46. The SMILES string of the molecule is CC(N)CC1Cc2cc(Cl)ccc2N1C(C)C. The van der Waals surface area contributed by atoms with Crippen LogP contribution in [0.1, 0.15) is 32.8 Å². The quantitative estimate of drug-likeness (QED) is 0.895. The Balaban J connectivity index is 2.30. The second-order valence-corrected chi connectivity index (χ2v) is 5.78. The molecule has 17 heavy (non-hydrogen) atoms. The van der Waals surface area contributed by atoms with Crippen molar-refractivity contribution in [1.82, 2.24) is 0 Å². The molecular formula is C14H21ClN2. The lowest BCUT2D eigenvalue weighted by Crippen LogP contribution is -2.40. The van der Waals surface area contributed by atoms with E-state index in [0.29, 0.717) is 12.1 Å². The van der Waals surface area contributed by atoms with Crippen LogP contribution in [-0.2, 0) is 6.42 Å². The smallest absolute Gasteiger partial charge is 0.0410 e. The van der Waals surface area contributed by atoms with E-state index in [1.54, 1.807) is 0 Å². The Labute approximate surface area is 109 Å². The molecule has 0 aromatic heterocycles. The maximum absolute atomic E-state index is 6.06. The van der Waals surface area contributed by atoms with Crippen LogP contribution in [-0.4, -0.2) is 18.1 Å². The van der Waals surface area contributed by atoms with E-state index in [9.17, 15) is 0 Å². The molecule has 94 valence electrons. The molecule has 1 aliphatic heterocycles. The zero-order chi connectivity index (χ0) is 12.6. The van der Waals surface area contributed by atoms with Crippen molar-refractivity contribution in [2.24, 2.45) is 5.73 Å². The number of nitrogens with zero attached hydrogens (tertiary/aromatic N) is 1. The molecule has 1 heterocycles. The van der Waals surface area contributed by atoms with Crippen LogP contribution < -0.4 is 10.6 Å². The molecule has 2 N–H and O–H groups in total. The highest BCUT2D eigenvalue weighted by molar-refractivity contribution is 6.30. The van der Waals surface area contributed by atoms with Crippen molar-refractivity contribution < 1.29 is 0 Å². The van der Waals surface area contributed by atoms with Crippen LogP contribution >= 0.6 is 11.6 Å². The first kappa shape index (κ1) is 12.7. The van der Waals surface area contributed by atoms with E-state index in [-0.39, 0.29) is 6.04 Å². The first-order valence-electron chi connectivity index (χ1n) is 6.31. The number of halogens is 1. The Morgan fingerprint density at radius 3 is 2.71 bits per heavy atom. The molecule has 2 rings (SSSR count). The molecule has 3 heteroatoms. The van der Waals surface area contributed by atoms with Crippen molar-refractivity contribution in [3.05, 3.63) is 28.8 Å². The number of hydrogen-bond donors (Lipinski definition) is 1. The predicted molar refractivity (Wildman–Crippen MR) is 74.8 cm³/mol. The van der Waals surface area contributed by atoms with E-state index in [4.69, 9.17) is 17.3 Å². The van der Waals surface area contributed by atoms with Gasteiger partial charge in [-0.2, -0.15) is 0 Å². The van der Waals surface area contributed by atoms with E-state index in [2.05, 4.69) is 37.8 Å². The van der Waals surface area contributed by atoms with Gasteiger partial charge in [0.2, 0.25) is 0 Å². The maximum atomic E-state index is 6.06. The molecule has 0 spiro atoms. The van der Waals surface area contributed by atoms with Gasteiger partial charge in [-0.1, -0.05) is 11.6 Å². The average Bonchev–Trinajstić information content (AvgIpc) is 2.53. The van der Waals surface area contributed by atoms with Gasteiger partial charge in [-0.15, -0.1) is 0 Å². The number of hydrogen-bond acceptors (Lipinski definition) is 2. The Morgan fingerprint density at radius 2 is 2.12 bits per heavy atom. The molecule has 0 saturated heterocycles. The van der Waals surface area contributed by atoms with Crippen LogP contribution in [0.15, 0.2) is 18.2 Å². The van der Waals surface area contributed by atoms with Gasteiger partial charge in [0.1, 0.15) is 0 Å². The highest BCUT2D eigenvalue weighted by Crippen LogP contribution is 2.36. The van der Waals surface area contributed by atoms with Crippen molar-refractivity contribution >= 4 is 17.3 Å². The topological polar surface area (TPSA) is 29.3 Å². The van der Waals surface area contributed by atoms with Gasteiger partial charge in [0.05, 0.1) is 0 Å². The summed E-state index contributed by atoms with van der Waals surface area (Å²) >= 11 is 6.06. The van der Waals surface area contributed by atoms with Gasteiger partial charge in [-0.3, -0.25) is 0 Å². The van der Waals surface area contributed by atoms with E-state index >= 15 is 0 Å². The summed E-state index contributed by atoms with van der Waals surface area (Å²) in [5.74, 6) is 0. The highest BCUT2D eigenvalue weighted by atomic mass is 35.5. The molecule has 2 unspecified atom stereocenters. The fourth-order valence-corrected chi connectivity index (χ4v) is 3.04. The lowest BCUT2D eigenvalue weighted by molar-refractivity contribution is 0.497. The number of nitrogens with two attached hydrogens (primary N) is 1. The van der Waals surface area contributed by atoms with Gasteiger partial charge >= 0.3 is 0 Å². The summed E-state index contributed by atoms with van der Waals surface area (Å²) in [6.07, 6.45) is 2.10. The zero-order valence-electron chi connectivity index (χ0n) is 10.8. The molecule has 0 radical (unpaired) electrons. The van der Waals surface area contributed by atoms with Crippen LogP contribution in [0, 0.1) is 0 Å². The van der Waals surface area contributed by atoms with E-state index in [1.807, 2.05) is 6.07 Å². The Kier molecular flexibility index (Phi) is 3.64. The van der Waals surface area contributed by atoms with Crippen molar-refractivity contribution in [3.63, 3.8) is 0 Å². The van der Waals surface area contributed by atoms with Gasteiger partial charge in [0.25, 0.3) is 0 Å². The third-order valence-electron chi connectivity index (χ3n) is 3.37. The first-order valence-corrected chi connectivity index (χ1v) is 6.69. The molecule has 1 aromatic carbocycles. The van der Waals surface area contributed by atoms with Crippen LogP contribution in [0.2, 0.25) is 5.02 Å². The fraction of sp³-hybridized carbons (Fsp3) is 0.571. The van der Waals surface area contributed by atoms with Gasteiger partial charge < -0.3 is 10.6 Å². The minimum Gasteiger partial charge on any atom is -0.366 e. The average molecular weight is 253 g/mol. The predicted octanol–water partition coefficient (Wildman–Crippen LogP) is 3.22. The van der Waals surface area contributed by atoms with Crippen molar-refractivity contribution in [2.75, 3.05) is 4.90 Å². The van der Waals surface area contributed by atoms with Crippen LogP contribution in [0.4, 0.5) is 5.69 Å². The fourth-order valence-electron chi connectivity index (χ4n) is 2.84. The normalized spacial score (nSPS) is 20.8. The Morgan fingerprint density at radius 1 is 1.41 bits per heavy atom. The van der Waals surface area contributed by atoms with Crippen LogP contribution in [0.25, 0.3) is 0 Å². The molecule has 1 aliphatic rings. The summed E-state index contributed by atoms with van der Waals surface area (Å²) in [5, 5.41) is 0.828. The third-order valence-corrected chi connectivity index (χ3v) is 3.60. The van der Waals surface area contributed by atoms with Crippen LogP contribution in [0.5, 0.6) is 0 Å². The number of fused-ring (bicyclic) bond motifs is 1. The minimum absolute atomic E-state index is 0.242. The Bertz CT molecular complexity index is 401. The van der Waals surface area contributed by atoms with Crippen molar-refractivity contribution in [1.29, 1.82) is 0 Å². The van der Waals surface area contributed by atoms with Crippen LogP contribution in [0.3, 0.4) is 0 Å². The second-order valence-electron chi connectivity index (χ2n) is 5.34. The summed E-state index contributed by atoms with van der Waals surface area (Å²) in [4.78, 5) is 2.48. The maximum Gasteiger partial charge on any atom is 0.0410 e. The molecule has 0 saturated carbocycles. The number of rotatable bonds is 3. The molecule has 2 nitrogen and oxygen atoms in total. The highest BCUT2D eigenvalue weighted by Gasteiger charge is 2.31. The molecule has 0 bridgehead atoms. The second kappa shape index (κ2) is 4.87. The molecule has 0 fully saturated rings. The lowest BCUT2D eigenvalue weighted by Gasteiger charge is -2.32. The standard InChI is InChI=1S/C14H21ClN2/c1-9(2)17-13(6-10(3)16)8-11-7-12(15)4-5-14(11)17/h4-5,7,9-10,13H,6,8,16H2,1-3H3. The summed E-state index contributed by atoms with van der Waals surface area (Å²) < 4.78 is 0. The summed E-state index contributed by atoms with van der Waals surface area (Å²) in [5.41, 5.74) is 8.63. The van der Waals surface area contributed by atoms with Crippen molar-refractivity contribution in [2.45, 2.75) is 51.7 Å². The van der Waals surface area contributed by atoms with Gasteiger partial charge in [-0.05, 0) is 57.4 Å². The van der Waals surface area contributed by atoms with Gasteiger partial charge in [-0.25, -0.2) is 0 Å². The lowest BCUT2D eigenvalue weighted by atomic mass is 10.0. The largest absolute Gasteiger partial charge is 0.366 e. The number of benzene rings is 1. The third kappa shape index (κ3) is 2.58. The number of anilines is 1. The Hall–Kier alpha value is -0.730. The minimum atomic E-state index is 0.242. The van der Waals surface area contributed by atoms with E-state index < -0.39 is 0 Å². The molecule has 0 amide bonds. The molecule has 0 aliphatic carbocycles. The van der Waals surface area contributed by atoms with E-state index in [1.165, 1.54) is 11.3 Å². The van der Waals surface area contributed by atoms with Gasteiger partial charge in [0.15, 0.2) is 0 Å². The van der Waals surface area contributed by atoms with E-state index in [0.717, 1.165) is 17.9 Å².